The summed E-state index contributed by atoms with van der Waals surface area (Å²) in [7, 11) is 0. The number of hydrogen-bond donors (Lipinski definition) is 2. The molecule has 3 aromatic rings. The molecule has 128 valence electrons. The predicted octanol–water partition coefficient (Wildman–Crippen LogP) is 3.23. The minimum atomic E-state index is -0.0480. The molecule has 4 rings (SSSR count). The van der Waals surface area contributed by atoms with Gasteiger partial charge in [0.1, 0.15) is 0 Å². The number of nitrogens with zero attached hydrogens (tertiary/aromatic N) is 3. The molecule has 1 aliphatic heterocycles. The van der Waals surface area contributed by atoms with E-state index in [1.165, 1.54) is 5.56 Å². The second-order valence-electron chi connectivity index (χ2n) is 6.35. The van der Waals surface area contributed by atoms with Crippen LogP contribution in [0.1, 0.15) is 5.56 Å². The van der Waals surface area contributed by atoms with E-state index < -0.39 is 0 Å². The van der Waals surface area contributed by atoms with Crippen molar-refractivity contribution in [3.8, 4) is 0 Å². The van der Waals surface area contributed by atoms with E-state index in [-0.39, 0.29) is 6.03 Å². The third-order valence-electron chi connectivity index (χ3n) is 4.55. The molecule has 1 saturated heterocycles. The fourth-order valence-electron chi connectivity index (χ4n) is 3.05. The molecular weight excluding hydrogens is 314 g/mol. The van der Waals surface area contributed by atoms with Crippen LogP contribution >= 0.6 is 0 Å². The molecule has 2 heterocycles. The molecule has 6 heteroatoms. The molecule has 0 radical (unpaired) electrons. The van der Waals surface area contributed by atoms with Gasteiger partial charge in [0.25, 0.3) is 0 Å². The summed E-state index contributed by atoms with van der Waals surface area (Å²) in [5.74, 6) is 0.875. The fraction of sp³-hybridized carbons (Fsp3) is 0.263. The summed E-state index contributed by atoms with van der Waals surface area (Å²) < 4.78 is 0. The number of piperazine rings is 1. The van der Waals surface area contributed by atoms with Gasteiger partial charge in [-0.25, -0.2) is 9.78 Å². The van der Waals surface area contributed by atoms with Gasteiger partial charge in [-0.1, -0.05) is 29.8 Å². The fourth-order valence-corrected chi connectivity index (χ4v) is 3.05. The summed E-state index contributed by atoms with van der Waals surface area (Å²) in [5.41, 5.74) is 4.02. The Morgan fingerprint density at radius 2 is 1.76 bits per heavy atom. The van der Waals surface area contributed by atoms with E-state index in [2.05, 4.69) is 20.2 Å². The normalized spacial score (nSPS) is 14.8. The number of aromatic amines is 1. The van der Waals surface area contributed by atoms with Crippen molar-refractivity contribution in [3.63, 3.8) is 0 Å². The maximum atomic E-state index is 12.4. The highest BCUT2D eigenvalue weighted by molar-refractivity contribution is 5.89. The summed E-state index contributed by atoms with van der Waals surface area (Å²) in [5, 5.41) is 2.96. The number of imidazole rings is 1. The van der Waals surface area contributed by atoms with Crippen molar-refractivity contribution in [1.82, 2.24) is 14.9 Å². The van der Waals surface area contributed by atoms with Crippen LogP contribution in [0.25, 0.3) is 11.0 Å². The van der Waals surface area contributed by atoms with Gasteiger partial charge in [-0.15, -0.1) is 0 Å². The monoisotopic (exact) mass is 335 g/mol. The summed E-state index contributed by atoms with van der Waals surface area (Å²) >= 11 is 0. The lowest BCUT2D eigenvalue weighted by atomic mass is 10.2. The summed E-state index contributed by atoms with van der Waals surface area (Å²) in [6.07, 6.45) is 0. The first-order valence-corrected chi connectivity index (χ1v) is 8.51. The van der Waals surface area contributed by atoms with Gasteiger partial charge in [0.05, 0.1) is 11.0 Å². The van der Waals surface area contributed by atoms with Gasteiger partial charge in [-0.2, -0.15) is 0 Å². The van der Waals surface area contributed by atoms with E-state index in [4.69, 9.17) is 0 Å². The number of anilines is 2. The molecular formula is C19H21N5O. The Balaban J connectivity index is 1.37. The van der Waals surface area contributed by atoms with Crippen molar-refractivity contribution in [2.24, 2.45) is 0 Å². The molecule has 0 bridgehead atoms. The van der Waals surface area contributed by atoms with Gasteiger partial charge in [0.2, 0.25) is 5.95 Å². The van der Waals surface area contributed by atoms with Crippen LogP contribution in [0.4, 0.5) is 16.4 Å². The second-order valence-corrected chi connectivity index (χ2v) is 6.35. The van der Waals surface area contributed by atoms with E-state index in [1.807, 2.05) is 60.4 Å². The summed E-state index contributed by atoms with van der Waals surface area (Å²) in [4.78, 5) is 24.4. The maximum absolute atomic E-state index is 12.4. The van der Waals surface area contributed by atoms with Crippen LogP contribution in [0, 0.1) is 6.92 Å². The van der Waals surface area contributed by atoms with Crippen LogP contribution in [0.5, 0.6) is 0 Å². The van der Waals surface area contributed by atoms with Crippen LogP contribution in [0.15, 0.2) is 48.5 Å². The molecule has 0 spiro atoms. The zero-order chi connectivity index (χ0) is 17.2. The third-order valence-corrected chi connectivity index (χ3v) is 4.55. The SMILES string of the molecule is Cc1ccc(NC(=O)N2CCN(c3nc4ccccc4[nH]3)CC2)cc1. The lowest BCUT2D eigenvalue weighted by molar-refractivity contribution is 0.208. The van der Waals surface area contributed by atoms with Crippen LogP contribution in [0.2, 0.25) is 0 Å². The third kappa shape index (κ3) is 3.28. The van der Waals surface area contributed by atoms with Gasteiger partial charge in [0, 0.05) is 31.9 Å². The molecule has 1 aromatic heterocycles. The molecule has 6 nitrogen and oxygen atoms in total. The Morgan fingerprint density at radius 3 is 2.48 bits per heavy atom. The zero-order valence-corrected chi connectivity index (χ0v) is 14.2. The summed E-state index contributed by atoms with van der Waals surface area (Å²) in [6.45, 7) is 4.91. The minimum Gasteiger partial charge on any atom is -0.339 e. The number of fused-ring (bicyclic) bond motifs is 1. The van der Waals surface area contributed by atoms with Gasteiger partial charge >= 0.3 is 6.03 Å². The van der Waals surface area contributed by atoms with Crippen LogP contribution in [-0.2, 0) is 0 Å². The number of carbonyl (C=O) groups is 1. The molecule has 0 unspecified atom stereocenters. The first-order chi connectivity index (χ1) is 12.2. The van der Waals surface area contributed by atoms with Crippen molar-refractivity contribution in [3.05, 3.63) is 54.1 Å². The maximum Gasteiger partial charge on any atom is 0.321 e. The number of hydrogen-bond acceptors (Lipinski definition) is 3. The summed E-state index contributed by atoms with van der Waals surface area (Å²) in [6, 6.07) is 15.8. The topological polar surface area (TPSA) is 64.3 Å². The molecule has 2 amide bonds. The Bertz CT molecular complexity index is 845. The molecule has 0 aliphatic carbocycles. The van der Waals surface area contributed by atoms with E-state index in [1.54, 1.807) is 0 Å². The molecule has 0 saturated carbocycles. The van der Waals surface area contributed by atoms with Crippen molar-refractivity contribution in [2.75, 3.05) is 36.4 Å². The quantitative estimate of drug-likeness (QED) is 0.756. The average Bonchev–Trinajstić information content (AvgIpc) is 3.08. The Labute approximate surface area is 146 Å². The first-order valence-electron chi connectivity index (χ1n) is 8.51. The molecule has 1 fully saturated rings. The van der Waals surface area contributed by atoms with E-state index in [0.29, 0.717) is 13.1 Å². The number of aromatic nitrogens is 2. The van der Waals surface area contributed by atoms with Crippen molar-refractivity contribution in [1.29, 1.82) is 0 Å². The molecule has 1 aliphatic rings. The van der Waals surface area contributed by atoms with Gasteiger partial charge in [-0.3, -0.25) is 0 Å². The highest BCUT2D eigenvalue weighted by Gasteiger charge is 2.22. The Kier molecular flexibility index (Phi) is 4.01. The minimum absolute atomic E-state index is 0.0480. The van der Waals surface area contributed by atoms with Gasteiger partial charge in [0.15, 0.2) is 0 Å². The largest absolute Gasteiger partial charge is 0.339 e. The zero-order valence-electron chi connectivity index (χ0n) is 14.2. The van der Waals surface area contributed by atoms with E-state index in [0.717, 1.165) is 35.8 Å². The number of nitrogens with one attached hydrogen (secondary N) is 2. The van der Waals surface area contributed by atoms with E-state index >= 15 is 0 Å². The number of rotatable bonds is 2. The van der Waals surface area contributed by atoms with Crippen molar-refractivity contribution >= 4 is 28.7 Å². The number of H-pyrrole nitrogens is 1. The van der Waals surface area contributed by atoms with Crippen LogP contribution in [-0.4, -0.2) is 47.1 Å². The standard InChI is InChI=1S/C19H21N5O/c1-14-6-8-15(9-7-14)20-19(25)24-12-10-23(11-13-24)18-21-16-4-2-3-5-17(16)22-18/h2-9H,10-13H2,1H3,(H,20,25)(H,21,22). The number of urea groups is 1. The lowest BCUT2D eigenvalue weighted by Gasteiger charge is -2.34. The van der Waals surface area contributed by atoms with Crippen LogP contribution < -0.4 is 10.2 Å². The number of para-hydroxylation sites is 2. The lowest BCUT2D eigenvalue weighted by Crippen LogP contribution is -2.50. The average molecular weight is 335 g/mol. The number of benzene rings is 2. The van der Waals surface area contributed by atoms with Crippen molar-refractivity contribution < 1.29 is 4.79 Å². The van der Waals surface area contributed by atoms with Gasteiger partial charge in [-0.05, 0) is 31.2 Å². The first kappa shape index (κ1) is 15.5. The highest BCUT2D eigenvalue weighted by atomic mass is 16.2. The van der Waals surface area contributed by atoms with Gasteiger partial charge < -0.3 is 20.1 Å². The molecule has 2 N–H and O–H groups in total. The number of carbonyl (C=O) groups excluding carboxylic acids is 1. The number of amides is 2. The number of aryl methyl sites for hydroxylation is 1. The van der Waals surface area contributed by atoms with E-state index in [9.17, 15) is 4.79 Å². The highest BCUT2D eigenvalue weighted by Crippen LogP contribution is 2.18. The molecule has 25 heavy (non-hydrogen) atoms. The van der Waals surface area contributed by atoms with Crippen LogP contribution in [0.3, 0.4) is 0 Å². The Morgan fingerprint density at radius 1 is 1.04 bits per heavy atom. The smallest absolute Gasteiger partial charge is 0.321 e. The van der Waals surface area contributed by atoms with Crippen molar-refractivity contribution in [2.45, 2.75) is 6.92 Å². The predicted molar refractivity (Wildman–Crippen MR) is 100 cm³/mol. The second kappa shape index (κ2) is 6.47. The molecule has 2 aromatic carbocycles. The molecule has 0 atom stereocenters. The Hall–Kier alpha value is -3.02.